The van der Waals surface area contributed by atoms with Crippen LogP contribution in [-0.2, 0) is 20.8 Å². The maximum Gasteiger partial charge on any atom is 0.333 e. The van der Waals surface area contributed by atoms with E-state index in [2.05, 4.69) is 10.1 Å². The SMILES string of the molecule is COC(=O)C1=CC=C(OCCNCc2ccccc2F)C(F)C1. The van der Waals surface area contributed by atoms with Gasteiger partial charge in [0.25, 0.3) is 0 Å². The fraction of sp³-hybridized carbons (Fsp3) is 0.353. The van der Waals surface area contributed by atoms with E-state index in [9.17, 15) is 13.6 Å². The minimum atomic E-state index is -1.36. The standard InChI is InChI=1S/C17H19F2NO3/c1-22-17(21)12-6-7-16(15(19)10-12)23-9-8-20-11-13-4-2-3-5-14(13)18/h2-7,15,20H,8-11H2,1H3. The third-order valence-corrected chi connectivity index (χ3v) is 3.43. The predicted molar refractivity (Wildman–Crippen MR) is 81.8 cm³/mol. The van der Waals surface area contributed by atoms with Crippen LogP contribution in [0.3, 0.4) is 0 Å². The van der Waals surface area contributed by atoms with Crippen molar-refractivity contribution in [1.82, 2.24) is 5.32 Å². The minimum Gasteiger partial charge on any atom is -0.494 e. The number of methoxy groups -OCH3 is 1. The van der Waals surface area contributed by atoms with Gasteiger partial charge in [0.1, 0.15) is 18.2 Å². The quantitative estimate of drug-likeness (QED) is 0.619. The highest BCUT2D eigenvalue weighted by molar-refractivity contribution is 5.89. The van der Waals surface area contributed by atoms with Crippen molar-refractivity contribution in [1.29, 1.82) is 0 Å². The first-order chi connectivity index (χ1) is 11.1. The van der Waals surface area contributed by atoms with E-state index in [1.807, 2.05) is 0 Å². The molecular weight excluding hydrogens is 304 g/mol. The van der Waals surface area contributed by atoms with Gasteiger partial charge in [0.05, 0.1) is 7.11 Å². The Morgan fingerprint density at radius 1 is 1.35 bits per heavy atom. The van der Waals surface area contributed by atoms with Crippen LogP contribution in [0, 0.1) is 5.82 Å². The van der Waals surface area contributed by atoms with Gasteiger partial charge in [-0.05, 0) is 18.2 Å². The number of benzene rings is 1. The lowest BCUT2D eigenvalue weighted by atomic mass is 10.0. The maximum absolute atomic E-state index is 13.9. The Bertz CT molecular complexity index is 614. The van der Waals surface area contributed by atoms with Crippen LogP contribution in [0.2, 0.25) is 0 Å². The number of allylic oxidation sites excluding steroid dienone is 3. The highest BCUT2D eigenvalue weighted by Crippen LogP contribution is 2.23. The molecule has 1 atom stereocenters. The van der Waals surface area contributed by atoms with Crippen LogP contribution in [-0.4, -0.2) is 32.4 Å². The van der Waals surface area contributed by atoms with Crippen LogP contribution in [0.5, 0.6) is 0 Å². The molecule has 1 aromatic carbocycles. The van der Waals surface area contributed by atoms with Gasteiger partial charge in [-0.1, -0.05) is 18.2 Å². The molecule has 1 N–H and O–H groups in total. The normalized spacial score (nSPS) is 17.3. The Labute approximate surface area is 133 Å². The number of hydrogen-bond donors (Lipinski definition) is 1. The summed E-state index contributed by atoms with van der Waals surface area (Å²) in [6.07, 6.45) is 1.53. The second-order valence-electron chi connectivity index (χ2n) is 5.04. The van der Waals surface area contributed by atoms with Crippen LogP contribution in [0.4, 0.5) is 8.78 Å². The second-order valence-corrected chi connectivity index (χ2v) is 5.04. The number of alkyl halides is 1. The van der Waals surface area contributed by atoms with Crippen molar-refractivity contribution in [2.24, 2.45) is 0 Å². The van der Waals surface area contributed by atoms with Crippen LogP contribution in [0.25, 0.3) is 0 Å². The molecule has 1 aliphatic rings. The first-order valence-electron chi connectivity index (χ1n) is 7.32. The van der Waals surface area contributed by atoms with Crippen molar-refractivity contribution in [3.8, 4) is 0 Å². The molecule has 0 aliphatic heterocycles. The molecule has 1 unspecified atom stereocenters. The third-order valence-electron chi connectivity index (χ3n) is 3.43. The van der Waals surface area contributed by atoms with E-state index in [4.69, 9.17) is 4.74 Å². The Morgan fingerprint density at radius 2 is 2.13 bits per heavy atom. The van der Waals surface area contributed by atoms with Crippen molar-refractivity contribution < 1.29 is 23.0 Å². The molecule has 0 fully saturated rings. The van der Waals surface area contributed by atoms with E-state index in [0.29, 0.717) is 18.7 Å². The summed E-state index contributed by atoms with van der Waals surface area (Å²) in [6, 6.07) is 6.50. The van der Waals surface area contributed by atoms with Gasteiger partial charge >= 0.3 is 5.97 Å². The molecule has 124 valence electrons. The lowest BCUT2D eigenvalue weighted by Crippen LogP contribution is -2.22. The minimum absolute atomic E-state index is 0.0544. The molecule has 0 bridgehead atoms. The number of nitrogens with one attached hydrogen (secondary N) is 1. The van der Waals surface area contributed by atoms with Gasteiger partial charge in [-0.2, -0.15) is 0 Å². The summed E-state index contributed by atoms with van der Waals surface area (Å²) in [4.78, 5) is 11.3. The molecule has 0 saturated heterocycles. The Morgan fingerprint density at radius 3 is 2.83 bits per heavy atom. The lowest BCUT2D eigenvalue weighted by molar-refractivity contribution is -0.136. The average Bonchev–Trinajstić information content (AvgIpc) is 2.56. The van der Waals surface area contributed by atoms with E-state index in [0.717, 1.165) is 0 Å². The molecule has 1 aliphatic carbocycles. The van der Waals surface area contributed by atoms with E-state index in [1.165, 1.54) is 25.3 Å². The largest absolute Gasteiger partial charge is 0.494 e. The molecule has 23 heavy (non-hydrogen) atoms. The van der Waals surface area contributed by atoms with Crippen LogP contribution < -0.4 is 5.32 Å². The average molecular weight is 323 g/mol. The molecule has 1 aromatic rings. The first-order valence-corrected chi connectivity index (χ1v) is 7.32. The molecule has 0 heterocycles. The molecule has 0 radical (unpaired) electrons. The molecule has 6 heteroatoms. The summed E-state index contributed by atoms with van der Waals surface area (Å²) in [7, 11) is 1.26. The van der Waals surface area contributed by atoms with Crippen molar-refractivity contribution in [3.63, 3.8) is 0 Å². The fourth-order valence-electron chi connectivity index (χ4n) is 2.18. The summed E-state index contributed by atoms with van der Waals surface area (Å²) in [5.41, 5.74) is 0.850. The van der Waals surface area contributed by atoms with Crippen molar-refractivity contribution >= 4 is 5.97 Å². The molecule has 4 nitrogen and oxygen atoms in total. The van der Waals surface area contributed by atoms with Crippen molar-refractivity contribution in [2.75, 3.05) is 20.3 Å². The van der Waals surface area contributed by atoms with Gasteiger partial charge in [-0.15, -0.1) is 0 Å². The number of esters is 1. The first kappa shape index (κ1) is 17.1. The maximum atomic E-state index is 13.9. The molecule has 0 spiro atoms. The van der Waals surface area contributed by atoms with Crippen LogP contribution in [0.15, 0.2) is 47.7 Å². The van der Waals surface area contributed by atoms with Gasteiger partial charge in [-0.25, -0.2) is 13.6 Å². The number of rotatable bonds is 7. The monoisotopic (exact) mass is 323 g/mol. The summed E-state index contributed by atoms with van der Waals surface area (Å²) in [5.74, 6) is -0.611. The zero-order chi connectivity index (χ0) is 16.7. The molecule has 0 saturated carbocycles. The zero-order valence-electron chi connectivity index (χ0n) is 12.9. The Hall–Kier alpha value is -2.21. The number of carbonyl (C=O) groups is 1. The van der Waals surface area contributed by atoms with Crippen molar-refractivity contribution in [2.45, 2.75) is 19.1 Å². The number of hydrogen-bond acceptors (Lipinski definition) is 4. The van der Waals surface area contributed by atoms with Gasteiger partial charge in [-0.3, -0.25) is 0 Å². The van der Waals surface area contributed by atoms with E-state index >= 15 is 0 Å². The van der Waals surface area contributed by atoms with E-state index in [-0.39, 0.29) is 30.2 Å². The van der Waals surface area contributed by atoms with Gasteiger partial charge in [0.2, 0.25) is 0 Å². The number of halogens is 2. The highest BCUT2D eigenvalue weighted by atomic mass is 19.1. The summed E-state index contributed by atoms with van der Waals surface area (Å²) < 4.78 is 37.2. The number of carbonyl (C=O) groups excluding carboxylic acids is 1. The number of ether oxygens (including phenoxy) is 2. The predicted octanol–water partition coefficient (Wildman–Crippen LogP) is 2.66. The second kappa shape index (κ2) is 8.43. The van der Waals surface area contributed by atoms with E-state index < -0.39 is 12.1 Å². The van der Waals surface area contributed by atoms with Crippen LogP contribution in [0.1, 0.15) is 12.0 Å². The summed E-state index contributed by atoms with van der Waals surface area (Å²) in [6.45, 7) is 1.08. The zero-order valence-corrected chi connectivity index (χ0v) is 12.9. The molecule has 0 amide bonds. The third kappa shape index (κ3) is 4.89. The summed E-state index contributed by atoms with van der Waals surface area (Å²) in [5, 5.41) is 3.03. The lowest BCUT2D eigenvalue weighted by Gasteiger charge is -2.18. The van der Waals surface area contributed by atoms with E-state index in [1.54, 1.807) is 18.2 Å². The summed E-state index contributed by atoms with van der Waals surface area (Å²) >= 11 is 0. The van der Waals surface area contributed by atoms with Gasteiger partial charge in [0, 0.05) is 30.6 Å². The topological polar surface area (TPSA) is 47.6 Å². The fourth-order valence-corrected chi connectivity index (χ4v) is 2.18. The smallest absolute Gasteiger partial charge is 0.333 e. The molecule has 2 rings (SSSR count). The van der Waals surface area contributed by atoms with Crippen molar-refractivity contribution in [3.05, 3.63) is 59.1 Å². The molecular formula is C17H19F2NO3. The molecule has 0 aromatic heterocycles. The Kier molecular flexibility index (Phi) is 6.29. The Balaban J connectivity index is 1.74. The highest BCUT2D eigenvalue weighted by Gasteiger charge is 2.24. The van der Waals surface area contributed by atoms with Crippen LogP contribution >= 0.6 is 0 Å². The van der Waals surface area contributed by atoms with Gasteiger partial charge in [0.15, 0.2) is 6.17 Å². The van der Waals surface area contributed by atoms with Gasteiger partial charge < -0.3 is 14.8 Å².